The molecule has 0 aromatic heterocycles. The second-order valence-electron chi connectivity index (χ2n) is 7.58. The van der Waals surface area contributed by atoms with Crippen molar-refractivity contribution < 1.29 is 19.1 Å². The molecular formula is C25H31Cl2N3O4. The summed E-state index contributed by atoms with van der Waals surface area (Å²) in [5.74, 6) is -0.0280. The van der Waals surface area contributed by atoms with E-state index in [2.05, 4.69) is 15.5 Å². The van der Waals surface area contributed by atoms with Crippen LogP contribution in [0.3, 0.4) is 0 Å². The molecule has 2 N–H and O–H groups in total. The van der Waals surface area contributed by atoms with Gasteiger partial charge in [-0.05, 0) is 30.2 Å². The summed E-state index contributed by atoms with van der Waals surface area (Å²) in [7, 11) is 0. The normalized spacial score (nSPS) is 12.3. The van der Waals surface area contributed by atoms with Crippen LogP contribution in [0.4, 0.5) is 5.69 Å². The lowest BCUT2D eigenvalue weighted by Gasteiger charge is -2.24. The Morgan fingerprint density at radius 1 is 0.941 bits per heavy atom. The number of nitrogens with one attached hydrogen (secondary N) is 2. The SMILES string of the molecule is CCOC(=O)C(Cc1ccc(N(CCCl)CCCl)cc1)NC(=O)C(Cc1ccccc1)NC=O. The van der Waals surface area contributed by atoms with Crippen LogP contribution < -0.4 is 15.5 Å². The fraction of sp³-hybridized carbons (Fsp3) is 0.400. The van der Waals surface area contributed by atoms with E-state index in [1.807, 2.05) is 54.6 Å². The molecule has 0 heterocycles. The largest absolute Gasteiger partial charge is 0.464 e. The highest BCUT2D eigenvalue weighted by Gasteiger charge is 2.27. The van der Waals surface area contributed by atoms with Crippen molar-refractivity contribution in [1.82, 2.24) is 10.6 Å². The van der Waals surface area contributed by atoms with Crippen molar-refractivity contribution in [1.29, 1.82) is 0 Å². The second-order valence-corrected chi connectivity index (χ2v) is 8.33. The van der Waals surface area contributed by atoms with Crippen molar-refractivity contribution in [3.05, 3.63) is 65.7 Å². The first-order valence-electron chi connectivity index (χ1n) is 11.2. The maximum absolute atomic E-state index is 13.0. The van der Waals surface area contributed by atoms with Gasteiger partial charge >= 0.3 is 5.97 Å². The molecule has 34 heavy (non-hydrogen) atoms. The smallest absolute Gasteiger partial charge is 0.328 e. The van der Waals surface area contributed by atoms with E-state index < -0.39 is 24.0 Å². The third-order valence-electron chi connectivity index (χ3n) is 5.21. The monoisotopic (exact) mass is 507 g/mol. The van der Waals surface area contributed by atoms with Gasteiger partial charge in [0, 0.05) is 43.4 Å². The zero-order valence-corrected chi connectivity index (χ0v) is 20.7. The zero-order chi connectivity index (χ0) is 24.8. The Hall–Kier alpha value is -2.77. The lowest BCUT2D eigenvalue weighted by Crippen LogP contribution is -2.52. The van der Waals surface area contributed by atoms with Crippen LogP contribution in [0.25, 0.3) is 0 Å². The summed E-state index contributed by atoms with van der Waals surface area (Å²) in [6, 6.07) is 15.3. The van der Waals surface area contributed by atoms with Crippen molar-refractivity contribution in [2.75, 3.05) is 36.4 Å². The lowest BCUT2D eigenvalue weighted by molar-refractivity contribution is -0.147. The minimum Gasteiger partial charge on any atom is -0.464 e. The van der Waals surface area contributed by atoms with E-state index in [0.29, 0.717) is 37.7 Å². The summed E-state index contributed by atoms with van der Waals surface area (Å²) in [5.41, 5.74) is 2.71. The molecule has 2 aromatic rings. The molecule has 0 aliphatic heterocycles. The number of amides is 2. The maximum atomic E-state index is 13.0. The molecule has 0 aliphatic carbocycles. The third-order valence-corrected chi connectivity index (χ3v) is 5.54. The number of ether oxygens (including phenoxy) is 1. The molecule has 0 radical (unpaired) electrons. The Labute approximate surface area is 210 Å². The van der Waals surface area contributed by atoms with Crippen LogP contribution in [0.5, 0.6) is 0 Å². The predicted octanol–water partition coefficient (Wildman–Crippen LogP) is 2.92. The fourth-order valence-electron chi connectivity index (χ4n) is 3.52. The van der Waals surface area contributed by atoms with Crippen LogP contribution >= 0.6 is 23.2 Å². The minimum atomic E-state index is -0.896. The van der Waals surface area contributed by atoms with Crippen molar-refractivity contribution >= 4 is 47.2 Å². The van der Waals surface area contributed by atoms with Gasteiger partial charge in [-0.15, -0.1) is 23.2 Å². The number of carbonyl (C=O) groups is 3. The number of nitrogens with zero attached hydrogens (tertiary/aromatic N) is 1. The van der Waals surface area contributed by atoms with E-state index in [9.17, 15) is 14.4 Å². The van der Waals surface area contributed by atoms with E-state index in [4.69, 9.17) is 27.9 Å². The molecule has 2 atom stereocenters. The highest BCUT2D eigenvalue weighted by molar-refractivity contribution is 6.18. The molecule has 184 valence electrons. The first kappa shape index (κ1) is 27.5. The highest BCUT2D eigenvalue weighted by atomic mass is 35.5. The number of rotatable bonds is 15. The number of alkyl halides is 2. The average molecular weight is 508 g/mol. The first-order valence-corrected chi connectivity index (χ1v) is 12.3. The number of benzene rings is 2. The number of carbonyl (C=O) groups excluding carboxylic acids is 3. The van der Waals surface area contributed by atoms with Crippen LogP contribution in [0, 0.1) is 0 Å². The number of hydrogen-bond acceptors (Lipinski definition) is 5. The molecule has 2 amide bonds. The molecule has 9 heteroatoms. The molecule has 0 spiro atoms. The quantitative estimate of drug-likeness (QED) is 0.220. The molecule has 7 nitrogen and oxygen atoms in total. The van der Waals surface area contributed by atoms with E-state index in [1.54, 1.807) is 6.92 Å². The van der Waals surface area contributed by atoms with E-state index in [-0.39, 0.29) is 13.0 Å². The van der Waals surface area contributed by atoms with Crippen LogP contribution in [0.2, 0.25) is 0 Å². The van der Waals surface area contributed by atoms with Gasteiger partial charge in [0.1, 0.15) is 12.1 Å². The number of anilines is 1. The van der Waals surface area contributed by atoms with Gasteiger partial charge < -0.3 is 20.3 Å². The third kappa shape index (κ3) is 8.88. The molecule has 2 unspecified atom stereocenters. The molecule has 0 bridgehead atoms. The lowest BCUT2D eigenvalue weighted by atomic mass is 10.0. The Bertz CT molecular complexity index is 891. The Balaban J connectivity index is 2.14. The predicted molar refractivity (Wildman–Crippen MR) is 135 cm³/mol. The first-order chi connectivity index (χ1) is 16.5. The maximum Gasteiger partial charge on any atom is 0.328 e. The standard InChI is InChI=1S/C25H31Cl2N3O4/c1-2-34-25(33)23(17-20-8-10-21(11-9-20)30(14-12-26)15-13-27)29-24(32)22(28-18-31)16-19-6-4-3-5-7-19/h3-11,18,22-23H,2,12-17H2,1H3,(H,28,31)(H,29,32). The summed E-state index contributed by atoms with van der Waals surface area (Å²) in [4.78, 5) is 38.7. The van der Waals surface area contributed by atoms with Gasteiger partial charge in [-0.3, -0.25) is 9.59 Å². The molecule has 0 aliphatic rings. The molecule has 0 saturated carbocycles. The topological polar surface area (TPSA) is 87.7 Å². The van der Waals surface area contributed by atoms with Gasteiger partial charge in [0.15, 0.2) is 0 Å². The van der Waals surface area contributed by atoms with Gasteiger partial charge in [0.05, 0.1) is 6.61 Å². The fourth-order valence-corrected chi connectivity index (χ4v) is 3.93. The van der Waals surface area contributed by atoms with Crippen molar-refractivity contribution in [3.63, 3.8) is 0 Å². The Morgan fingerprint density at radius 3 is 2.09 bits per heavy atom. The molecular weight excluding hydrogens is 477 g/mol. The van der Waals surface area contributed by atoms with Gasteiger partial charge in [0.25, 0.3) is 0 Å². The summed E-state index contributed by atoms with van der Waals surface area (Å²) in [6.07, 6.45) is 1.03. The second kappa shape index (κ2) is 15.2. The van der Waals surface area contributed by atoms with Crippen LogP contribution in [0.1, 0.15) is 18.1 Å². The number of esters is 1. The van der Waals surface area contributed by atoms with E-state index in [0.717, 1.165) is 16.8 Å². The average Bonchev–Trinajstić information content (AvgIpc) is 2.84. The summed E-state index contributed by atoms with van der Waals surface area (Å²) < 4.78 is 5.18. The van der Waals surface area contributed by atoms with Crippen LogP contribution in [-0.4, -0.2) is 61.8 Å². The molecule has 0 saturated heterocycles. The van der Waals surface area contributed by atoms with Gasteiger partial charge in [0.2, 0.25) is 12.3 Å². The van der Waals surface area contributed by atoms with E-state index in [1.165, 1.54) is 0 Å². The molecule has 0 fully saturated rings. The minimum absolute atomic E-state index is 0.190. The summed E-state index contributed by atoms with van der Waals surface area (Å²) >= 11 is 11.8. The van der Waals surface area contributed by atoms with E-state index >= 15 is 0 Å². The Morgan fingerprint density at radius 2 is 1.53 bits per heavy atom. The molecule has 2 rings (SSSR count). The van der Waals surface area contributed by atoms with Gasteiger partial charge in [-0.25, -0.2) is 4.79 Å². The van der Waals surface area contributed by atoms with Crippen LogP contribution in [0.15, 0.2) is 54.6 Å². The van der Waals surface area contributed by atoms with Crippen molar-refractivity contribution in [2.45, 2.75) is 31.8 Å². The molecule has 2 aromatic carbocycles. The number of halogens is 2. The Kier molecular flexibility index (Phi) is 12.3. The zero-order valence-electron chi connectivity index (χ0n) is 19.2. The highest BCUT2D eigenvalue weighted by Crippen LogP contribution is 2.17. The summed E-state index contributed by atoms with van der Waals surface area (Å²) in [5, 5.41) is 5.30. The van der Waals surface area contributed by atoms with Crippen LogP contribution in [-0.2, 0) is 32.0 Å². The van der Waals surface area contributed by atoms with Gasteiger partial charge in [-0.1, -0.05) is 42.5 Å². The van der Waals surface area contributed by atoms with Gasteiger partial charge in [-0.2, -0.15) is 0 Å². The van der Waals surface area contributed by atoms with Crippen molar-refractivity contribution in [2.24, 2.45) is 0 Å². The number of hydrogen-bond donors (Lipinski definition) is 2. The summed E-state index contributed by atoms with van der Waals surface area (Å²) in [6.45, 7) is 3.24. The van der Waals surface area contributed by atoms with Crippen molar-refractivity contribution in [3.8, 4) is 0 Å².